The Morgan fingerprint density at radius 1 is 0.639 bits per heavy atom. The van der Waals surface area contributed by atoms with Gasteiger partial charge in [-0.25, -0.2) is 0 Å². The van der Waals surface area contributed by atoms with E-state index in [0.717, 1.165) is 25.7 Å². The molecule has 0 aliphatic heterocycles. The van der Waals surface area contributed by atoms with Crippen molar-refractivity contribution in [3.8, 4) is 23.0 Å². The fourth-order valence-corrected chi connectivity index (χ4v) is 3.38. The molecule has 12 nitrogen and oxygen atoms in total. The molecule has 2 aromatic rings. The van der Waals surface area contributed by atoms with E-state index in [1.807, 2.05) is 0 Å². The molecular weight excluding hydrogens is 472 g/mol. The number of hydrogen-bond donors (Lipinski definition) is 0. The van der Waals surface area contributed by atoms with Crippen LogP contribution >= 0.6 is 0 Å². The van der Waals surface area contributed by atoms with Crippen LogP contribution in [0.4, 0.5) is 11.4 Å². The first kappa shape index (κ1) is 28.0. The summed E-state index contributed by atoms with van der Waals surface area (Å²) < 4.78 is 20.6. The van der Waals surface area contributed by atoms with Crippen molar-refractivity contribution in [3.63, 3.8) is 0 Å². The number of unbranched alkanes of at least 4 members (excludes halogenated alkanes) is 3. The molecule has 0 saturated carbocycles. The number of benzene rings is 2. The van der Waals surface area contributed by atoms with Crippen molar-refractivity contribution in [1.82, 2.24) is 0 Å². The molecular formula is C24H30N4O8. The molecule has 0 heterocycles. The van der Waals surface area contributed by atoms with Crippen molar-refractivity contribution in [2.45, 2.75) is 25.7 Å². The van der Waals surface area contributed by atoms with Crippen LogP contribution in [-0.2, 0) is 0 Å². The fraction of sp³-hybridized carbons (Fsp3) is 0.417. The summed E-state index contributed by atoms with van der Waals surface area (Å²) in [5, 5.41) is 22.7. The lowest BCUT2D eigenvalue weighted by Gasteiger charge is -2.08. The molecule has 0 amide bonds. The summed E-state index contributed by atoms with van der Waals surface area (Å²) in [4.78, 5) is 30.3. The van der Waals surface area contributed by atoms with Gasteiger partial charge in [-0.15, -0.1) is 0 Å². The smallest absolute Gasteiger partial charge is 0.282 e. The Kier molecular flexibility index (Phi) is 11.1. The molecule has 0 aliphatic rings. The molecule has 0 radical (unpaired) electrons. The van der Waals surface area contributed by atoms with E-state index in [1.165, 1.54) is 65.1 Å². The van der Waals surface area contributed by atoms with E-state index in [9.17, 15) is 20.2 Å². The monoisotopic (exact) mass is 502 g/mol. The minimum Gasteiger partial charge on any atom is -0.493 e. The lowest BCUT2D eigenvalue weighted by molar-refractivity contribution is -0.385. The van der Waals surface area contributed by atoms with Gasteiger partial charge in [0.05, 0.1) is 61.5 Å². The maximum atomic E-state index is 11.3. The number of methoxy groups -OCH3 is 4. The summed E-state index contributed by atoms with van der Waals surface area (Å²) in [6.07, 6.45) is 6.36. The highest BCUT2D eigenvalue weighted by Gasteiger charge is 2.19. The molecule has 0 bridgehead atoms. The van der Waals surface area contributed by atoms with Crippen LogP contribution in [0.15, 0.2) is 34.3 Å². The Balaban J connectivity index is 1.83. The fourth-order valence-electron chi connectivity index (χ4n) is 3.38. The van der Waals surface area contributed by atoms with Gasteiger partial charge >= 0.3 is 0 Å². The van der Waals surface area contributed by atoms with Crippen molar-refractivity contribution in [3.05, 3.63) is 55.6 Å². The topological polar surface area (TPSA) is 148 Å². The van der Waals surface area contributed by atoms with Gasteiger partial charge in [0.2, 0.25) is 0 Å². The third kappa shape index (κ3) is 7.65. The van der Waals surface area contributed by atoms with Gasteiger partial charge in [-0.1, -0.05) is 12.8 Å². The highest BCUT2D eigenvalue weighted by molar-refractivity contribution is 5.87. The summed E-state index contributed by atoms with van der Waals surface area (Å²) in [6, 6.07) is 5.69. The lowest BCUT2D eigenvalue weighted by atomic mass is 10.1. The molecule has 0 N–H and O–H groups in total. The highest BCUT2D eigenvalue weighted by Crippen LogP contribution is 2.34. The van der Waals surface area contributed by atoms with Crippen LogP contribution in [-0.4, -0.2) is 63.8 Å². The van der Waals surface area contributed by atoms with E-state index >= 15 is 0 Å². The van der Waals surface area contributed by atoms with E-state index in [1.54, 1.807) is 0 Å². The lowest BCUT2D eigenvalue weighted by Crippen LogP contribution is -1.99. The average molecular weight is 503 g/mol. The Morgan fingerprint density at radius 3 is 1.28 bits per heavy atom. The second kappa shape index (κ2) is 14.2. The normalized spacial score (nSPS) is 11.1. The molecule has 2 rings (SSSR count). The summed E-state index contributed by atoms with van der Waals surface area (Å²) in [6.45, 7) is 1.04. The van der Waals surface area contributed by atoms with Gasteiger partial charge in [-0.05, 0) is 25.0 Å². The molecule has 194 valence electrons. The number of rotatable bonds is 15. The molecule has 0 saturated heterocycles. The third-order valence-electron chi connectivity index (χ3n) is 5.24. The second-order valence-corrected chi connectivity index (χ2v) is 7.53. The SMILES string of the molecule is COc1cc(C=NCCCCCCN=Cc2cc(OC)c(OC)cc2[N+](=O)[O-])c([N+](=O)[O-])cc1OC. The number of nitro benzene ring substituents is 2. The highest BCUT2D eigenvalue weighted by atomic mass is 16.6. The summed E-state index contributed by atoms with van der Waals surface area (Å²) >= 11 is 0. The van der Waals surface area contributed by atoms with Gasteiger partial charge in [0.25, 0.3) is 11.4 Å². The van der Waals surface area contributed by atoms with E-state index < -0.39 is 9.85 Å². The summed E-state index contributed by atoms with van der Waals surface area (Å²) in [5.41, 5.74) is 0.473. The quantitative estimate of drug-likeness (QED) is 0.148. The average Bonchev–Trinajstić information content (AvgIpc) is 2.88. The summed E-state index contributed by atoms with van der Waals surface area (Å²) in [5.74, 6) is 1.35. The van der Waals surface area contributed by atoms with Crippen LogP contribution in [0.5, 0.6) is 23.0 Å². The van der Waals surface area contributed by atoms with Crippen LogP contribution < -0.4 is 18.9 Å². The molecule has 0 spiro atoms. The molecule has 0 atom stereocenters. The maximum absolute atomic E-state index is 11.3. The molecule has 0 unspecified atom stereocenters. The van der Waals surface area contributed by atoms with Crippen molar-refractivity contribution >= 4 is 23.8 Å². The molecule has 2 aromatic carbocycles. The van der Waals surface area contributed by atoms with Gasteiger partial charge in [-0.2, -0.15) is 0 Å². The number of hydrogen-bond acceptors (Lipinski definition) is 10. The van der Waals surface area contributed by atoms with Crippen molar-refractivity contribution in [2.24, 2.45) is 9.98 Å². The Labute approximate surface area is 208 Å². The number of nitrogens with zero attached hydrogens (tertiary/aromatic N) is 4. The number of aliphatic imine (C=N–C) groups is 2. The first-order valence-electron chi connectivity index (χ1n) is 11.2. The first-order valence-corrected chi connectivity index (χ1v) is 11.2. The first-order chi connectivity index (χ1) is 17.4. The van der Waals surface area contributed by atoms with Crippen LogP contribution in [0.2, 0.25) is 0 Å². The Bertz CT molecular complexity index is 1030. The van der Waals surface area contributed by atoms with Crippen molar-refractivity contribution < 1.29 is 28.8 Å². The van der Waals surface area contributed by atoms with Crippen LogP contribution in [0.1, 0.15) is 36.8 Å². The summed E-state index contributed by atoms with van der Waals surface area (Å²) in [7, 11) is 5.76. The largest absolute Gasteiger partial charge is 0.493 e. The molecule has 36 heavy (non-hydrogen) atoms. The van der Waals surface area contributed by atoms with Gasteiger partial charge in [0, 0.05) is 25.5 Å². The molecule has 12 heteroatoms. The van der Waals surface area contributed by atoms with E-state index in [2.05, 4.69) is 9.98 Å². The Hall–Kier alpha value is -4.22. The minimum atomic E-state index is -0.486. The van der Waals surface area contributed by atoms with Crippen LogP contribution in [0, 0.1) is 20.2 Å². The molecule has 0 aliphatic carbocycles. The predicted octanol–water partition coefficient (Wildman–Crippen LogP) is 4.64. The van der Waals surface area contributed by atoms with Crippen molar-refractivity contribution in [1.29, 1.82) is 0 Å². The minimum absolute atomic E-state index is 0.107. The zero-order chi connectivity index (χ0) is 26.5. The van der Waals surface area contributed by atoms with Gasteiger partial charge in [-0.3, -0.25) is 30.2 Å². The van der Waals surface area contributed by atoms with Crippen LogP contribution in [0.25, 0.3) is 0 Å². The third-order valence-corrected chi connectivity index (χ3v) is 5.24. The van der Waals surface area contributed by atoms with Crippen LogP contribution in [0.3, 0.4) is 0 Å². The standard InChI is InChI=1S/C24H30N4O8/c1-33-21-11-17(19(27(29)30)13-23(21)35-3)15-25-9-7-5-6-8-10-26-16-18-12-22(34-2)24(36-4)14-20(18)28(31)32/h11-16H,5-10H2,1-4H3. The van der Waals surface area contributed by atoms with E-state index in [4.69, 9.17) is 18.9 Å². The maximum Gasteiger partial charge on any atom is 0.282 e. The Morgan fingerprint density at radius 2 is 0.972 bits per heavy atom. The number of ether oxygens (including phenoxy) is 4. The zero-order valence-electron chi connectivity index (χ0n) is 20.8. The van der Waals surface area contributed by atoms with E-state index in [-0.39, 0.29) is 22.9 Å². The van der Waals surface area contributed by atoms with Gasteiger partial charge in [0.15, 0.2) is 23.0 Å². The number of nitro groups is 2. The zero-order valence-corrected chi connectivity index (χ0v) is 20.8. The van der Waals surface area contributed by atoms with Crippen molar-refractivity contribution in [2.75, 3.05) is 41.5 Å². The van der Waals surface area contributed by atoms with E-state index in [0.29, 0.717) is 35.7 Å². The molecule has 0 aromatic heterocycles. The van der Waals surface area contributed by atoms with Gasteiger partial charge in [0.1, 0.15) is 0 Å². The van der Waals surface area contributed by atoms with Gasteiger partial charge < -0.3 is 18.9 Å². The second-order valence-electron chi connectivity index (χ2n) is 7.53. The molecule has 0 fully saturated rings. The predicted molar refractivity (Wildman–Crippen MR) is 136 cm³/mol.